The largest absolute Gasteiger partial charge is 0.444 e. The van der Waals surface area contributed by atoms with Crippen LogP contribution in [-0.4, -0.2) is 35.1 Å². The van der Waals surface area contributed by atoms with E-state index in [1.54, 1.807) is 32.9 Å². The van der Waals surface area contributed by atoms with E-state index in [1.807, 2.05) is 0 Å². The molecule has 1 fully saturated rings. The van der Waals surface area contributed by atoms with Gasteiger partial charge in [-0.15, -0.1) is 0 Å². The first kappa shape index (κ1) is 17.2. The van der Waals surface area contributed by atoms with Crippen LogP contribution in [0.5, 0.6) is 0 Å². The summed E-state index contributed by atoms with van der Waals surface area (Å²) in [6.45, 7) is 5.81. The lowest BCUT2D eigenvalue weighted by atomic mass is 10.0. The van der Waals surface area contributed by atoms with Gasteiger partial charge in [-0.2, -0.15) is 0 Å². The van der Waals surface area contributed by atoms with E-state index in [4.69, 9.17) is 4.74 Å². The van der Waals surface area contributed by atoms with Gasteiger partial charge in [0.1, 0.15) is 17.5 Å². The molecule has 1 atom stereocenters. The molecule has 0 spiro atoms. The molecule has 2 rings (SSSR count). The number of anilines is 1. The highest BCUT2D eigenvalue weighted by Gasteiger charge is 2.35. The zero-order chi connectivity index (χ0) is 17.0. The first-order chi connectivity index (χ1) is 10.8. The van der Waals surface area contributed by atoms with Crippen LogP contribution in [0.2, 0.25) is 0 Å². The fraction of sp³-hybridized carbons (Fsp3) is 0.529. The molecule has 126 valence electrons. The third kappa shape index (κ3) is 4.68. The molecule has 0 saturated carbocycles. The van der Waals surface area contributed by atoms with E-state index in [2.05, 4.69) is 5.32 Å². The van der Waals surface area contributed by atoms with Crippen molar-refractivity contribution in [1.82, 2.24) is 4.90 Å². The van der Waals surface area contributed by atoms with Crippen molar-refractivity contribution in [3.05, 3.63) is 30.1 Å². The molecule has 0 radical (unpaired) electrons. The highest BCUT2D eigenvalue weighted by atomic mass is 19.1. The van der Waals surface area contributed by atoms with E-state index < -0.39 is 23.6 Å². The van der Waals surface area contributed by atoms with Gasteiger partial charge in [0.15, 0.2) is 0 Å². The molecule has 2 amide bonds. The van der Waals surface area contributed by atoms with E-state index in [9.17, 15) is 14.0 Å². The molecule has 1 heterocycles. The van der Waals surface area contributed by atoms with Crippen molar-refractivity contribution < 1.29 is 18.7 Å². The number of hydrogen-bond donors (Lipinski definition) is 1. The number of rotatable bonds is 2. The number of carbonyl (C=O) groups is 2. The monoisotopic (exact) mass is 322 g/mol. The van der Waals surface area contributed by atoms with Crippen LogP contribution in [0.3, 0.4) is 0 Å². The Morgan fingerprint density at radius 1 is 1.26 bits per heavy atom. The Bertz CT molecular complexity index is 583. The van der Waals surface area contributed by atoms with Gasteiger partial charge in [-0.3, -0.25) is 9.69 Å². The Labute approximate surface area is 135 Å². The number of ether oxygens (including phenoxy) is 1. The molecule has 1 aromatic carbocycles. The fourth-order valence-corrected chi connectivity index (χ4v) is 2.52. The Morgan fingerprint density at radius 3 is 2.61 bits per heavy atom. The molecular formula is C17H23FN2O3. The maximum Gasteiger partial charge on any atom is 0.410 e. The Hall–Kier alpha value is -2.11. The van der Waals surface area contributed by atoms with E-state index in [0.29, 0.717) is 13.0 Å². The molecular weight excluding hydrogens is 299 g/mol. The number of para-hydroxylation sites is 1. The number of halogens is 1. The Balaban J connectivity index is 2.10. The summed E-state index contributed by atoms with van der Waals surface area (Å²) in [5, 5.41) is 2.56. The van der Waals surface area contributed by atoms with Crippen molar-refractivity contribution in [2.75, 3.05) is 11.9 Å². The van der Waals surface area contributed by atoms with Crippen LogP contribution in [-0.2, 0) is 9.53 Å². The van der Waals surface area contributed by atoms with Crippen molar-refractivity contribution in [3.8, 4) is 0 Å². The number of nitrogens with one attached hydrogen (secondary N) is 1. The molecule has 1 aromatic rings. The predicted molar refractivity (Wildman–Crippen MR) is 85.6 cm³/mol. The van der Waals surface area contributed by atoms with Gasteiger partial charge in [-0.05, 0) is 52.2 Å². The summed E-state index contributed by atoms with van der Waals surface area (Å²) in [4.78, 5) is 26.2. The number of hydrogen-bond acceptors (Lipinski definition) is 3. The highest BCUT2D eigenvalue weighted by molar-refractivity contribution is 5.96. The molecule has 0 aromatic heterocycles. The molecule has 0 aliphatic carbocycles. The first-order valence-corrected chi connectivity index (χ1v) is 7.83. The topological polar surface area (TPSA) is 58.6 Å². The third-order valence-electron chi connectivity index (χ3n) is 3.57. The zero-order valence-electron chi connectivity index (χ0n) is 13.8. The molecule has 1 aliphatic rings. The molecule has 1 saturated heterocycles. The van der Waals surface area contributed by atoms with E-state index in [1.165, 1.54) is 17.0 Å². The van der Waals surface area contributed by atoms with Crippen LogP contribution in [0.1, 0.15) is 40.0 Å². The van der Waals surface area contributed by atoms with Gasteiger partial charge in [-0.1, -0.05) is 12.1 Å². The SMILES string of the molecule is CC(C)(C)OC(=O)N1CCCC[C@@H]1C(=O)Nc1ccccc1F. The lowest BCUT2D eigenvalue weighted by Crippen LogP contribution is -2.51. The lowest BCUT2D eigenvalue weighted by Gasteiger charge is -2.35. The highest BCUT2D eigenvalue weighted by Crippen LogP contribution is 2.22. The van der Waals surface area contributed by atoms with Crippen LogP contribution in [0.15, 0.2) is 24.3 Å². The quantitative estimate of drug-likeness (QED) is 0.906. The van der Waals surface area contributed by atoms with Crippen LogP contribution in [0.25, 0.3) is 0 Å². The second-order valence-corrected chi connectivity index (χ2v) is 6.65. The minimum atomic E-state index is -0.641. The number of benzene rings is 1. The van der Waals surface area contributed by atoms with Gasteiger partial charge < -0.3 is 10.1 Å². The Kier molecular flexibility index (Phi) is 5.23. The molecule has 6 heteroatoms. The summed E-state index contributed by atoms with van der Waals surface area (Å²) < 4.78 is 19.0. The van der Waals surface area contributed by atoms with Crippen molar-refractivity contribution in [2.45, 2.75) is 51.7 Å². The molecule has 0 unspecified atom stereocenters. The molecule has 0 bridgehead atoms. The molecule has 23 heavy (non-hydrogen) atoms. The minimum Gasteiger partial charge on any atom is -0.444 e. The average Bonchev–Trinajstić information content (AvgIpc) is 2.48. The van der Waals surface area contributed by atoms with Crippen molar-refractivity contribution >= 4 is 17.7 Å². The van der Waals surface area contributed by atoms with Gasteiger partial charge in [0.05, 0.1) is 5.69 Å². The molecule has 5 nitrogen and oxygen atoms in total. The van der Waals surface area contributed by atoms with E-state index in [-0.39, 0.29) is 11.6 Å². The third-order valence-corrected chi connectivity index (χ3v) is 3.57. The molecule has 1 aliphatic heterocycles. The molecule has 1 N–H and O–H groups in total. The number of amides is 2. The smallest absolute Gasteiger partial charge is 0.410 e. The second-order valence-electron chi connectivity index (χ2n) is 6.65. The number of nitrogens with zero attached hydrogens (tertiary/aromatic N) is 1. The fourth-order valence-electron chi connectivity index (χ4n) is 2.52. The van der Waals surface area contributed by atoms with Gasteiger partial charge in [0, 0.05) is 6.54 Å². The minimum absolute atomic E-state index is 0.118. The van der Waals surface area contributed by atoms with Crippen LogP contribution in [0, 0.1) is 5.82 Å². The van der Waals surface area contributed by atoms with E-state index >= 15 is 0 Å². The summed E-state index contributed by atoms with van der Waals surface area (Å²) in [6.07, 6.45) is 1.70. The summed E-state index contributed by atoms with van der Waals surface area (Å²) >= 11 is 0. The van der Waals surface area contributed by atoms with Gasteiger partial charge in [-0.25, -0.2) is 9.18 Å². The maximum absolute atomic E-state index is 13.7. The van der Waals surface area contributed by atoms with Crippen molar-refractivity contribution in [3.63, 3.8) is 0 Å². The normalized spacial score (nSPS) is 18.4. The van der Waals surface area contributed by atoms with Crippen molar-refractivity contribution in [1.29, 1.82) is 0 Å². The zero-order valence-corrected chi connectivity index (χ0v) is 13.8. The standard InChI is InChI=1S/C17H23FN2O3/c1-17(2,3)23-16(22)20-11-7-6-10-14(20)15(21)19-13-9-5-4-8-12(13)18/h4-5,8-9,14H,6-7,10-11H2,1-3H3,(H,19,21)/t14-/m1/s1. The number of piperidine rings is 1. The van der Waals surface area contributed by atoms with Crippen LogP contribution >= 0.6 is 0 Å². The lowest BCUT2D eigenvalue weighted by molar-refractivity contribution is -0.122. The predicted octanol–water partition coefficient (Wildman–Crippen LogP) is 3.55. The summed E-state index contributed by atoms with van der Waals surface area (Å²) in [5.74, 6) is -0.888. The Morgan fingerprint density at radius 2 is 1.96 bits per heavy atom. The van der Waals surface area contributed by atoms with Gasteiger partial charge in [0.25, 0.3) is 0 Å². The summed E-state index contributed by atoms with van der Waals surface area (Å²) in [5.41, 5.74) is -0.506. The number of likely N-dealkylation sites (tertiary alicyclic amines) is 1. The summed E-state index contributed by atoms with van der Waals surface area (Å²) in [7, 11) is 0. The van der Waals surface area contributed by atoms with Gasteiger partial charge >= 0.3 is 6.09 Å². The van der Waals surface area contributed by atoms with Crippen LogP contribution < -0.4 is 5.32 Å². The maximum atomic E-state index is 13.7. The van der Waals surface area contributed by atoms with Crippen LogP contribution in [0.4, 0.5) is 14.9 Å². The number of carbonyl (C=O) groups excluding carboxylic acids is 2. The summed E-state index contributed by atoms with van der Waals surface area (Å²) in [6, 6.07) is 5.33. The average molecular weight is 322 g/mol. The van der Waals surface area contributed by atoms with Crippen molar-refractivity contribution in [2.24, 2.45) is 0 Å². The van der Waals surface area contributed by atoms with E-state index in [0.717, 1.165) is 12.8 Å². The first-order valence-electron chi connectivity index (χ1n) is 7.83. The second kappa shape index (κ2) is 6.98. The van der Waals surface area contributed by atoms with Gasteiger partial charge in [0.2, 0.25) is 5.91 Å².